The largest absolute Gasteiger partial charge is 0.372 e. The number of carbonyl (C=O) groups excluding carboxylic acids is 1. The Bertz CT molecular complexity index is 923. The Kier molecular flexibility index (Phi) is 6.33. The van der Waals surface area contributed by atoms with Gasteiger partial charge in [-0.3, -0.25) is 9.63 Å². The smallest absolute Gasteiger partial charge is 0.264 e. The van der Waals surface area contributed by atoms with Gasteiger partial charge in [0.15, 0.2) is 0 Å². The lowest BCUT2D eigenvalue weighted by Gasteiger charge is -2.28. The van der Waals surface area contributed by atoms with Crippen molar-refractivity contribution in [1.82, 2.24) is 4.47 Å². The number of hydroxylamine groups is 1. The summed E-state index contributed by atoms with van der Waals surface area (Å²) in [6.45, 7) is 2.12. The summed E-state index contributed by atoms with van der Waals surface area (Å²) in [6.07, 6.45) is 3.69. The molecule has 0 bridgehead atoms. The number of benzene rings is 2. The molecular weight excluding hydrogens is 378 g/mol. The Morgan fingerprint density at radius 2 is 1.75 bits per heavy atom. The van der Waals surface area contributed by atoms with Gasteiger partial charge in [0, 0.05) is 37.1 Å². The molecule has 7 nitrogen and oxygen atoms in total. The molecule has 28 heavy (non-hydrogen) atoms. The van der Waals surface area contributed by atoms with Crippen molar-refractivity contribution in [1.29, 1.82) is 0 Å². The Hall–Kier alpha value is -2.42. The zero-order valence-corrected chi connectivity index (χ0v) is 16.9. The summed E-state index contributed by atoms with van der Waals surface area (Å²) in [6, 6.07) is 13.6. The molecule has 0 aromatic heterocycles. The quantitative estimate of drug-likeness (QED) is 0.750. The standard InChI is InChI=1S/C20H25N3O4S/c1-22(27-2)28(25,26)19-8-6-7-16(15-19)20(24)21-17-9-11-18(12-10-17)23-13-4-3-5-14-23/h6-12,15H,3-5,13-14H2,1-2H3,(H,21,24). The maximum Gasteiger partial charge on any atom is 0.264 e. The molecule has 150 valence electrons. The molecule has 1 heterocycles. The van der Waals surface area contributed by atoms with Crippen LogP contribution in [0.1, 0.15) is 29.6 Å². The van der Waals surface area contributed by atoms with E-state index in [4.69, 9.17) is 4.84 Å². The molecule has 0 atom stereocenters. The first-order valence-corrected chi connectivity index (χ1v) is 10.7. The third-order valence-corrected chi connectivity index (χ3v) is 6.51. The summed E-state index contributed by atoms with van der Waals surface area (Å²) in [5.41, 5.74) is 2.06. The van der Waals surface area contributed by atoms with Crippen LogP contribution in [0, 0.1) is 0 Å². The second-order valence-corrected chi connectivity index (χ2v) is 8.61. The molecule has 1 aliphatic heterocycles. The number of rotatable bonds is 6. The number of hydrogen-bond acceptors (Lipinski definition) is 5. The second kappa shape index (κ2) is 8.72. The number of carbonyl (C=O) groups is 1. The Morgan fingerprint density at radius 3 is 2.39 bits per heavy atom. The van der Waals surface area contributed by atoms with Crippen LogP contribution >= 0.6 is 0 Å². The van der Waals surface area contributed by atoms with Gasteiger partial charge in [0.25, 0.3) is 15.9 Å². The molecule has 1 amide bonds. The van der Waals surface area contributed by atoms with Gasteiger partial charge < -0.3 is 10.2 Å². The lowest BCUT2D eigenvalue weighted by molar-refractivity contribution is -0.0258. The lowest BCUT2D eigenvalue weighted by Crippen LogP contribution is -2.29. The lowest BCUT2D eigenvalue weighted by atomic mass is 10.1. The minimum absolute atomic E-state index is 0.00931. The van der Waals surface area contributed by atoms with E-state index in [0.717, 1.165) is 23.2 Å². The number of sulfonamides is 1. The highest BCUT2D eigenvalue weighted by atomic mass is 32.2. The predicted octanol–water partition coefficient (Wildman–Crippen LogP) is 3.11. The van der Waals surface area contributed by atoms with Gasteiger partial charge in [-0.25, -0.2) is 8.42 Å². The zero-order chi connectivity index (χ0) is 20.1. The summed E-state index contributed by atoms with van der Waals surface area (Å²) in [5.74, 6) is -0.372. The summed E-state index contributed by atoms with van der Waals surface area (Å²) >= 11 is 0. The van der Waals surface area contributed by atoms with Crippen molar-refractivity contribution in [3.63, 3.8) is 0 Å². The number of anilines is 2. The third-order valence-electron chi connectivity index (χ3n) is 4.84. The molecular formula is C20H25N3O4S. The molecule has 2 aromatic rings. The molecule has 0 spiro atoms. The first-order valence-electron chi connectivity index (χ1n) is 9.21. The maximum absolute atomic E-state index is 12.6. The van der Waals surface area contributed by atoms with Crippen molar-refractivity contribution in [3.8, 4) is 0 Å². The number of amides is 1. The molecule has 1 N–H and O–H groups in total. The fourth-order valence-electron chi connectivity index (χ4n) is 3.16. The first-order chi connectivity index (χ1) is 13.4. The van der Waals surface area contributed by atoms with Crippen molar-refractivity contribution in [3.05, 3.63) is 54.1 Å². The summed E-state index contributed by atoms with van der Waals surface area (Å²) in [4.78, 5) is 19.7. The molecule has 3 rings (SSSR count). The first kappa shape index (κ1) is 20.3. The van der Waals surface area contributed by atoms with Crippen LogP contribution in [0.15, 0.2) is 53.4 Å². The van der Waals surface area contributed by atoms with Crippen molar-refractivity contribution in [2.75, 3.05) is 37.5 Å². The van der Waals surface area contributed by atoms with Gasteiger partial charge in [-0.05, 0) is 61.7 Å². The number of nitrogens with one attached hydrogen (secondary N) is 1. The average molecular weight is 404 g/mol. The van der Waals surface area contributed by atoms with Gasteiger partial charge in [0.05, 0.1) is 12.0 Å². The van der Waals surface area contributed by atoms with E-state index >= 15 is 0 Å². The van der Waals surface area contributed by atoms with Gasteiger partial charge in [0.2, 0.25) is 0 Å². The van der Waals surface area contributed by atoms with Crippen LogP contribution in [-0.4, -0.2) is 46.0 Å². The second-order valence-electron chi connectivity index (χ2n) is 6.67. The van der Waals surface area contributed by atoms with E-state index in [1.165, 1.54) is 51.6 Å². The minimum atomic E-state index is -3.81. The van der Waals surface area contributed by atoms with Crippen molar-refractivity contribution < 1.29 is 18.0 Å². The fraction of sp³-hybridized carbons (Fsp3) is 0.350. The van der Waals surface area contributed by atoms with Crippen molar-refractivity contribution in [2.45, 2.75) is 24.2 Å². The summed E-state index contributed by atoms with van der Waals surface area (Å²) in [7, 11) is -1.25. The third kappa shape index (κ3) is 4.52. The van der Waals surface area contributed by atoms with Crippen LogP contribution in [0.2, 0.25) is 0 Å². The summed E-state index contributed by atoms with van der Waals surface area (Å²) in [5, 5.41) is 2.81. The molecule has 0 aliphatic carbocycles. The van der Waals surface area contributed by atoms with E-state index in [9.17, 15) is 13.2 Å². The maximum atomic E-state index is 12.6. The fourth-order valence-corrected chi connectivity index (χ4v) is 4.17. The highest BCUT2D eigenvalue weighted by Crippen LogP contribution is 2.22. The van der Waals surface area contributed by atoms with Gasteiger partial charge in [-0.15, -0.1) is 0 Å². The van der Waals surface area contributed by atoms with Gasteiger partial charge in [-0.2, -0.15) is 0 Å². The van der Waals surface area contributed by atoms with E-state index in [-0.39, 0.29) is 16.4 Å². The summed E-state index contributed by atoms with van der Waals surface area (Å²) < 4.78 is 25.5. The number of nitrogens with zero attached hydrogens (tertiary/aromatic N) is 2. The van der Waals surface area contributed by atoms with Gasteiger partial charge in [0.1, 0.15) is 0 Å². The minimum Gasteiger partial charge on any atom is -0.372 e. The number of hydrogen-bond donors (Lipinski definition) is 1. The van der Waals surface area contributed by atoms with Crippen LogP contribution in [0.4, 0.5) is 11.4 Å². The molecule has 1 fully saturated rings. The zero-order valence-electron chi connectivity index (χ0n) is 16.1. The van der Waals surface area contributed by atoms with Crippen LogP contribution in [0.3, 0.4) is 0 Å². The highest BCUT2D eigenvalue weighted by molar-refractivity contribution is 7.89. The SMILES string of the molecule is CON(C)S(=O)(=O)c1cccc(C(=O)Nc2ccc(N3CCCCC3)cc2)c1. The molecule has 0 saturated carbocycles. The van der Waals surface area contributed by atoms with E-state index in [1.54, 1.807) is 6.07 Å². The number of piperidine rings is 1. The molecule has 0 unspecified atom stereocenters. The Balaban J connectivity index is 1.72. The topological polar surface area (TPSA) is 78.9 Å². The predicted molar refractivity (Wildman–Crippen MR) is 109 cm³/mol. The van der Waals surface area contributed by atoms with Gasteiger partial charge in [-0.1, -0.05) is 10.5 Å². The van der Waals surface area contributed by atoms with E-state index in [2.05, 4.69) is 10.2 Å². The van der Waals surface area contributed by atoms with Crippen LogP contribution in [-0.2, 0) is 14.9 Å². The van der Waals surface area contributed by atoms with Crippen molar-refractivity contribution >= 4 is 27.3 Å². The van der Waals surface area contributed by atoms with Crippen molar-refractivity contribution in [2.24, 2.45) is 0 Å². The molecule has 1 saturated heterocycles. The van der Waals surface area contributed by atoms with E-state index in [1.807, 2.05) is 24.3 Å². The molecule has 8 heteroatoms. The van der Waals surface area contributed by atoms with Crippen LogP contribution in [0.25, 0.3) is 0 Å². The van der Waals surface area contributed by atoms with Gasteiger partial charge >= 0.3 is 0 Å². The molecule has 0 radical (unpaired) electrons. The average Bonchev–Trinajstić information content (AvgIpc) is 2.74. The molecule has 2 aromatic carbocycles. The Labute approximate surface area is 165 Å². The Morgan fingerprint density at radius 1 is 1.07 bits per heavy atom. The monoisotopic (exact) mass is 403 g/mol. The highest BCUT2D eigenvalue weighted by Gasteiger charge is 2.22. The normalized spacial score (nSPS) is 14.9. The van der Waals surface area contributed by atoms with Crippen LogP contribution in [0.5, 0.6) is 0 Å². The van der Waals surface area contributed by atoms with E-state index in [0.29, 0.717) is 5.69 Å². The van der Waals surface area contributed by atoms with Crippen LogP contribution < -0.4 is 10.2 Å². The molecule has 1 aliphatic rings. The van der Waals surface area contributed by atoms with E-state index < -0.39 is 10.0 Å².